The van der Waals surface area contributed by atoms with E-state index in [4.69, 9.17) is 4.74 Å². The maximum Gasteiger partial charge on any atom is 0.236 e. The quantitative estimate of drug-likeness (QED) is 0.679. The van der Waals surface area contributed by atoms with Gasteiger partial charge in [-0.15, -0.1) is 0 Å². The van der Waals surface area contributed by atoms with E-state index in [1.165, 1.54) is 24.9 Å². The molecule has 3 fully saturated rings. The molecule has 0 bridgehead atoms. The molecule has 1 saturated carbocycles. The predicted molar refractivity (Wildman–Crippen MR) is 133 cm³/mol. The minimum Gasteiger partial charge on any atom is -0.496 e. The van der Waals surface area contributed by atoms with Gasteiger partial charge in [0.15, 0.2) is 0 Å². The number of carbonyl (C=O) groups excluding carboxylic acids is 1. The third kappa shape index (κ3) is 5.02. The van der Waals surface area contributed by atoms with Crippen LogP contribution >= 0.6 is 0 Å². The van der Waals surface area contributed by atoms with Crippen molar-refractivity contribution in [3.63, 3.8) is 0 Å². The molecule has 0 unspecified atom stereocenters. The molecular weight excluding hydrogens is 412 g/mol. The smallest absolute Gasteiger partial charge is 0.236 e. The number of carbonyl (C=O) groups is 1. The maximum absolute atomic E-state index is 12.8. The number of hydrogen-bond acceptors (Lipinski definition) is 5. The SMILES string of the molecule is COc1ccccc1-c1ccc(N2CCN(CC(=O)N3CCN(C4CCC4)CC3)CC2)cc1. The molecule has 0 spiro atoms. The molecule has 1 amide bonds. The largest absolute Gasteiger partial charge is 0.496 e. The summed E-state index contributed by atoms with van der Waals surface area (Å²) in [6.07, 6.45) is 4.07. The summed E-state index contributed by atoms with van der Waals surface area (Å²) in [5, 5.41) is 0. The van der Waals surface area contributed by atoms with Crippen molar-refractivity contribution in [3.8, 4) is 16.9 Å². The van der Waals surface area contributed by atoms with Crippen LogP contribution in [0.4, 0.5) is 5.69 Å². The third-order valence-electron chi connectivity index (χ3n) is 7.64. The van der Waals surface area contributed by atoms with Gasteiger partial charge in [-0.25, -0.2) is 0 Å². The molecule has 0 aromatic heterocycles. The zero-order valence-electron chi connectivity index (χ0n) is 19.8. The molecule has 2 saturated heterocycles. The number of methoxy groups -OCH3 is 1. The molecule has 3 aliphatic rings. The predicted octanol–water partition coefficient (Wildman–Crippen LogP) is 3.18. The van der Waals surface area contributed by atoms with Crippen LogP contribution in [0.25, 0.3) is 11.1 Å². The Hall–Kier alpha value is -2.57. The number of amides is 1. The van der Waals surface area contributed by atoms with Crippen LogP contribution in [-0.4, -0.2) is 92.7 Å². The lowest BCUT2D eigenvalue weighted by molar-refractivity contribution is -0.134. The van der Waals surface area contributed by atoms with Crippen LogP contribution in [0.1, 0.15) is 19.3 Å². The van der Waals surface area contributed by atoms with E-state index < -0.39 is 0 Å². The highest BCUT2D eigenvalue weighted by Gasteiger charge is 2.30. The van der Waals surface area contributed by atoms with E-state index in [2.05, 4.69) is 49.9 Å². The molecule has 6 nitrogen and oxygen atoms in total. The summed E-state index contributed by atoms with van der Waals surface area (Å²) < 4.78 is 5.51. The van der Waals surface area contributed by atoms with Crippen molar-refractivity contribution in [3.05, 3.63) is 48.5 Å². The van der Waals surface area contributed by atoms with E-state index in [9.17, 15) is 4.79 Å². The molecular formula is C27H36N4O2. The van der Waals surface area contributed by atoms with Gasteiger partial charge in [-0.2, -0.15) is 0 Å². The fraction of sp³-hybridized carbons (Fsp3) is 0.519. The second-order valence-electron chi connectivity index (χ2n) is 9.51. The summed E-state index contributed by atoms with van der Waals surface area (Å²) in [4.78, 5) is 22.3. The summed E-state index contributed by atoms with van der Waals surface area (Å²) >= 11 is 0. The zero-order chi connectivity index (χ0) is 22.6. The number of ether oxygens (including phenoxy) is 1. The molecule has 1 aliphatic carbocycles. The molecule has 176 valence electrons. The summed E-state index contributed by atoms with van der Waals surface area (Å²) in [5.41, 5.74) is 3.52. The average Bonchev–Trinajstić information content (AvgIpc) is 2.84. The first-order valence-electron chi connectivity index (χ1n) is 12.4. The Morgan fingerprint density at radius 3 is 2.21 bits per heavy atom. The standard InChI is InChI=1S/C27H36N4O2/c1-33-26-8-3-2-7-25(26)22-9-11-24(12-10-22)29-15-13-28(14-16-29)21-27(32)31-19-17-30(18-20-31)23-5-4-6-23/h2-3,7-12,23H,4-6,13-21H2,1H3. The molecule has 2 aliphatic heterocycles. The Balaban J connectivity index is 1.10. The second kappa shape index (κ2) is 10.1. The van der Waals surface area contributed by atoms with Gasteiger partial charge < -0.3 is 14.5 Å². The highest BCUT2D eigenvalue weighted by molar-refractivity contribution is 5.78. The van der Waals surface area contributed by atoms with E-state index in [-0.39, 0.29) is 0 Å². The van der Waals surface area contributed by atoms with Gasteiger partial charge in [-0.1, -0.05) is 36.8 Å². The molecule has 6 heteroatoms. The van der Waals surface area contributed by atoms with Crippen LogP contribution in [0.2, 0.25) is 0 Å². The Labute approximate surface area is 197 Å². The summed E-state index contributed by atoms with van der Waals surface area (Å²) in [6, 6.07) is 17.7. The van der Waals surface area contributed by atoms with Crippen molar-refractivity contribution in [1.29, 1.82) is 0 Å². The number of benzene rings is 2. The summed E-state index contributed by atoms with van der Waals surface area (Å²) in [7, 11) is 1.71. The topological polar surface area (TPSA) is 39.3 Å². The maximum atomic E-state index is 12.8. The summed E-state index contributed by atoms with van der Waals surface area (Å²) in [5.74, 6) is 1.20. The average molecular weight is 449 g/mol. The van der Waals surface area contributed by atoms with E-state index in [0.29, 0.717) is 12.5 Å². The zero-order valence-corrected chi connectivity index (χ0v) is 19.8. The van der Waals surface area contributed by atoms with Crippen molar-refractivity contribution in [2.45, 2.75) is 25.3 Å². The van der Waals surface area contributed by atoms with Gasteiger partial charge >= 0.3 is 0 Å². The second-order valence-corrected chi connectivity index (χ2v) is 9.51. The van der Waals surface area contributed by atoms with Crippen molar-refractivity contribution < 1.29 is 9.53 Å². The monoisotopic (exact) mass is 448 g/mol. The molecule has 0 atom stereocenters. The third-order valence-corrected chi connectivity index (χ3v) is 7.64. The molecule has 0 N–H and O–H groups in total. The normalized spacial score (nSPS) is 20.5. The Kier molecular flexibility index (Phi) is 6.83. The lowest BCUT2D eigenvalue weighted by Gasteiger charge is -2.43. The molecule has 33 heavy (non-hydrogen) atoms. The number of para-hydroxylation sites is 1. The van der Waals surface area contributed by atoms with E-state index in [0.717, 1.165) is 75.3 Å². The number of rotatable bonds is 6. The van der Waals surface area contributed by atoms with Crippen LogP contribution in [0, 0.1) is 0 Å². The highest BCUT2D eigenvalue weighted by atomic mass is 16.5. The number of hydrogen-bond donors (Lipinski definition) is 0. The Bertz CT molecular complexity index is 927. The molecule has 2 aromatic carbocycles. The van der Waals surface area contributed by atoms with Crippen molar-refractivity contribution in [2.24, 2.45) is 0 Å². The van der Waals surface area contributed by atoms with E-state index >= 15 is 0 Å². The van der Waals surface area contributed by atoms with Crippen LogP contribution in [0.5, 0.6) is 5.75 Å². The van der Waals surface area contributed by atoms with Crippen molar-refractivity contribution in [1.82, 2.24) is 14.7 Å². The molecule has 2 aromatic rings. The van der Waals surface area contributed by atoms with E-state index in [1.54, 1.807) is 7.11 Å². The van der Waals surface area contributed by atoms with E-state index in [1.807, 2.05) is 18.2 Å². The van der Waals surface area contributed by atoms with Crippen LogP contribution in [0.15, 0.2) is 48.5 Å². The first kappa shape index (κ1) is 22.2. The van der Waals surface area contributed by atoms with Gasteiger partial charge in [0.2, 0.25) is 5.91 Å². The van der Waals surface area contributed by atoms with Crippen molar-refractivity contribution in [2.75, 3.05) is 70.9 Å². The van der Waals surface area contributed by atoms with Crippen LogP contribution in [-0.2, 0) is 4.79 Å². The lowest BCUT2D eigenvalue weighted by atomic mass is 9.91. The van der Waals surface area contributed by atoms with Gasteiger partial charge in [0.05, 0.1) is 13.7 Å². The fourth-order valence-corrected chi connectivity index (χ4v) is 5.28. The molecule has 0 radical (unpaired) electrons. The molecule has 5 rings (SSSR count). The Morgan fingerprint density at radius 1 is 0.879 bits per heavy atom. The van der Waals surface area contributed by atoms with Gasteiger partial charge in [-0.05, 0) is 36.6 Å². The highest BCUT2D eigenvalue weighted by Crippen LogP contribution is 2.31. The minimum absolute atomic E-state index is 0.304. The number of anilines is 1. The molecule has 2 heterocycles. The number of piperazine rings is 2. The fourth-order valence-electron chi connectivity index (χ4n) is 5.28. The van der Waals surface area contributed by atoms with Gasteiger partial charge in [-0.3, -0.25) is 14.6 Å². The van der Waals surface area contributed by atoms with Gasteiger partial charge in [0.1, 0.15) is 5.75 Å². The van der Waals surface area contributed by atoms with Crippen molar-refractivity contribution >= 4 is 11.6 Å². The van der Waals surface area contributed by atoms with Crippen LogP contribution in [0.3, 0.4) is 0 Å². The first-order chi connectivity index (χ1) is 16.2. The van der Waals surface area contributed by atoms with Gasteiger partial charge in [0, 0.05) is 69.7 Å². The van der Waals surface area contributed by atoms with Gasteiger partial charge in [0.25, 0.3) is 0 Å². The summed E-state index contributed by atoms with van der Waals surface area (Å²) in [6.45, 7) is 8.23. The number of nitrogens with zero attached hydrogens (tertiary/aromatic N) is 4. The van der Waals surface area contributed by atoms with Crippen LogP contribution < -0.4 is 9.64 Å². The minimum atomic E-state index is 0.304. The Morgan fingerprint density at radius 2 is 1.58 bits per heavy atom. The first-order valence-corrected chi connectivity index (χ1v) is 12.4. The lowest BCUT2D eigenvalue weighted by Crippen LogP contribution is -2.56.